The van der Waals surface area contributed by atoms with Crippen molar-refractivity contribution < 1.29 is 4.79 Å². The van der Waals surface area contributed by atoms with E-state index in [1.807, 2.05) is 11.9 Å². The Morgan fingerprint density at radius 3 is 2.82 bits per heavy atom. The van der Waals surface area contributed by atoms with Crippen molar-refractivity contribution in [3.63, 3.8) is 0 Å². The zero-order chi connectivity index (χ0) is 12.1. The molecule has 1 saturated carbocycles. The van der Waals surface area contributed by atoms with Crippen LogP contribution in [0.15, 0.2) is 0 Å². The minimum Gasteiger partial charge on any atom is -0.344 e. The van der Waals surface area contributed by atoms with Crippen molar-refractivity contribution in [1.29, 1.82) is 0 Å². The van der Waals surface area contributed by atoms with Crippen LogP contribution in [-0.4, -0.2) is 62.0 Å². The van der Waals surface area contributed by atoms with Crippen molar-refractivity contribution in [2.45, 2.75) is 25.7 Å². The van der Waals surface area contributed by atoms with E-state index in [0.717, 1.165) is 45.1 Å². The summed E-state index contributed by atoms with van der Waals surface area (Å²) in [7, 11) is 1.96. The summed E-state index contributed by atoms with van der Waals surface area (Å²) in [6.07, 6.45) is 5.13. The van der Waals surface area contributed by atoms with Crippen LogP contribution in [0.5, 0.6) is 0 Å². The summed E-state index contributed by atoms with van der Waals surface area (Å²) >= 11 is 0. The second-order valence-electron chi connectivity index (χ2n) is 5.45. The van der Waals surface area contributed by atoms with E-state index in [9.17, 15) is 4.79 Å². The predicted octanol–water partition coefficient (Wildman–Crippen LogP) is 0.540. The first kappa shape index (κ1) is 12.8. The summed E-state index contributed by atoms with van der Waals surface area (Å²) in [5.41, 5.74) is 0. The van der Waals surface area contributed by atoms with Gasteiger partial charge in [-0.1, -0.05) is 6.42 Å². The molecule has 1 saturated heterocycles. The molecule has 0 spiro atoms. The normalized spacial score (nSPS) is 22.9. The molecule has 2 rings (SSSR count). The number of rotatable bonds is 4. The molecular formula is C13H25N3O. The molecule has 98 valence electrons. The van der Waals surface area contributed by atoms with E-state index >= 15 is 0 Å². The van der Waals surface area contributed by atoms with Gasteiger partial charge in [-0.15, -0.1) is 0 Å². The topological polar surface area (TPSA) is 35.6 Å². The lowest BCUT2D eigenvalue weighted by atomic mass is 9.85. The van der Waals surface area contributed by atoms with Crippen LogP contribution >= 0.6 is 0 Å². The van der Waals surface area contributed by atoms with E-state index in [1.54, 1.807) is 0 Å². The highest BCUT2D eigenvalue weighted by Gasteiger charge is 2.22. The number of hydrogen-bond donors (Lipinski definition) is 1. The third kappa shape index (κ3) is 3.96. The molecule has 1 heterocycles. The maximum Gasteiger partial charge on any atom is 0.236 e. The fourth-order valence-electron chi connectivity index (χ4n) is 2.54. The SMILES string of the molecule is CN(CC1CCC1)C(=O)CN1CCCNCC1. The number of nitrogens with zero attached hydrogens (tertiary/aromatic N) is 2. The Balaban J connectivity index is 1.70. The zero-order valence-corrected chi connectivity index (χ0v) is 11.0. The van der Waals surface area contributed by atoms with Crippen LogP contribution in [0.2, 0.25) is 0 Å². The van der Waals surface area contributed by atoms with Gasteiger partial charge in [0, 0.05) is 26.7 Å². The monoisotopic (exact) mass is 239 g/mol. The fraction of sp³-hybridized carbons (Fsp3) is 0.923. The smallest absolute Gasteiger partial charge is 0.236 e. The molecule has 0 aromatic carbocycles. The molecule has 2 aliphatic rings. The zero-order valence-electron chi connectivity index (χ0n) is 11.0. The molecule has 0 aromatic heterocycles. The Kier molecular flexibility index (Phi) is 4.80. The van der Waals surface area contributed by atoms with E-state index in [4.69, 9.17) is 0 Å². The van der Waals surface area contributed by atoms with Gasteiger partial charge in [-0.25, -0.2) is 0 Å². The molecule has 17 heavy (non-hydrogen) atoms. The van der Waals surface area contributed by atoms with Gasteiger partial charge in [0.2, 0.25) is 5.91 Å². The summed E-state index contributed by atoms with van der Waals surface area (Å²) in [6, 6.07) is 0. The molecule has 4 heteroatoms. The number of nitrogens with one attached hydrogen (secondary N) is 1. The molecule has 0 atom stereocenters. The number of likely N-dealkylation sites (N-methyl/N-ethyl adjacent to an activating group) is 1. The van der Waals surface area contributed by atoms with Gasteiger partial charge in [0.1, 0.15) is 0 Å². The van der Waals surface area contributed by atoms with Gasteiger partial charge in [-0.3, -0.25) is 9.69 Å². The molecule has 1 amide bonds. The van der Waals surface area contributed by atoms with E-state index < -0.39 is 0 Å². The van der Waals surface area contributed by atoms with Gasteiger partial charge < -0.3 is 10.2 Å². The highest BCUT2D eigenvalue weighted by molar-refractivity contribution is 5.78. The van der Waals surface area contributed by atoms with Crippen LogP contribution < -0.4 is 5.32 Å². The van der Waals surface area contributed by atoms with Crippen molar-refractivity contribution >= 4 is 5.91 Å². The third-order valence-electron chi connectivity index (χ3n) is 3.97. The summed E-state index contributed by atoms with van der Waals surface area (Å²) in [6.45, 7) is 5.72. The Morgan fingerprint density at radius 2 is 2.12 bits per heavy atom. The lowest BCUT2D eigenvalue weighted by Gasteiger charge is -2.31. The first-order valence-corrected chi connectivity index (χ1v) is 6.93. The van der Waals surface area contributed by atoms with Gasteiger partial charge in [-0.2, -0.15) is 0 Å². The van der Waals surface area contributed by atoms with Crippen molar-refractivity contribution in [2.75, 3.05) is 46.3 Å². The van der Waals surface area contributed by atoms with Gasteiger partial charge in [0.25, 0.3) is 0 Å². The molecule has 1 aliphatic heterocycles. The van der Waals surface area contributed by atoms with Crippen LogP contribution in [-0.2, 0) is 4.79 Å². The van der Waals surface area contributed by atoms with E-state index in [0.29, 0.717) is 12.5 Å². The predicted molar refractivity (Wildman–Crippen MR) is 68.9 cm³/mol. The number of amides is 1. The second-order valence-corrected chi connectivity index (χ2v) is 5.45. The molecular weight excluding hydrogens is 214 g/mol. The minimum absolute atomic E-state index is 0.291. The Hall–Kier alpha value is -0.610. The van der Waals surface area contributed by atoms with Crippen molar-refractivity contribution in [2.24, 2.45) is 5.92 Å². The van der Waals surface area contributed by atoms with Crippen molar-refractivity contribution in [1.82, 2.24) is 15.1 Å². The maximum atomic E-state index is 12.1. The van der Waals surface area contributed by atoms with Crippen LogP contribution in [0.4, 0.5) is 0 Å². The first-order chi connectivity index (χ1) is 8.25. The Labute approximate surface area is 104 Å². The van der Waals surface area contributed by atoms with Crippen LogP contribution in [0.25, 0.3) is 0 Å². The largest absolute Gasteiger partial charge is 0.344 e. The third-order valence-corrected chi connectivity index (χ3v) is 3.97. The maximum absolute atomic E-state index is 12.1. The van der Waals surface area contributed by atoms with Crippen molar-refractivity contribution in [3.8, 4) is 0 Å². The standard InChI is InChI=1S/C13H25N3O/c1-15(10-12-4-2-5-12)13(17)11-16-8-3-6-14-7-9-16/h12,14H,2-11H2,1H3. The first-order valence-electron chi connectivity index (χ1n) is 6.93. The van der Waals surface area contributed by atoms with Gasteiger partial charge in [0.05, 0.1) is 6.54 Å². The van der Waals surface area contributed by atoms with E-state index in [1.165, 1.54) is 19.3 Å². The highest BCUT2D eigenvalue weighted by Crippen LogP contribution is 2.26. The lowest BCUT2D eigenvalue weighted by Crippen LogP contribution is -2.42. The summed E-state index contributed by atoms with van der Waals surface area (Å²) in [5, 5.41) is 3.36. The fourth-order valence-corrected chi connectivity index (χ4v) is 2.54. The molecule has 0 aromatic rings. The van der Waals surface area contributed by atoms with Crippen LogP contribution in [0.3, 0.4) is 0 Å². The van der Waals surface area contributed by atoms with Crippen LogP contribution in [0, 0.1) is 5.92 Å². The molecule has 1 aliphatic carbocycles. The van der Waals surface area contributed by atoms with E-state index in [-0.39, 0.29) is 0 Å². The molecule has 2 fully saturated rings. The molecule has 4 nitrogen and oxygen atoms in total. The number of carbonyl (C=O) groups is 1. The second kappa shape index (κ2) is 6.36. The average molecular weight is 239 g/mol. The Bertz CT molecular complexity index is 245. The molecule has 0 bridgehead atoms. The summed E-state index contributed by atoms with van der Waals surface area (Å²) in [5.74, 6) is 1.06. The Morgan fingerprint density at radius 1 is 1.29 bits per heavy atom. The molecule has 1 N–H and O–H groups in total. The molecule has 0 radical (unpaired) electrons. The van der Waals surface area contributed by atoms with Gasteiger partial charge >= 0.3 is 0 Å². The number of hydrogen-bond acceptors (Lipinski definition) is 3. The number of carbonyl (C=O) groups excluding carboxylic acids is 1. The summed E-state index contributed by atoms with van der Waals surface area (Å²) in [4.78, 5) is 16.3. The minimum atomic E-state index is 0.291. The highest BCUT2D eigenvalue weighted by atomic mass is 16.2. The van der Waals surface area contributed by atoms with Crippen LogP contribution in [0.1, 0.15) is 25.7 Å². The lowest BCUT2D eigenvalue weighted by molar-refractivity contribution is -0.132. The molecule has 0 unspecified atom stereocenters. The van der Waals surface area contributed by atoms with Crippen molar-refractivity contribution in [3.05, 3.63) is 0 Å². The summed E-state index contributed by atoms with van der Waals surface area (Å²) < 4.78 is 0. The van der Waals surface area contributed by atoms with Gasteiger partial charge in [-0.05, 0) is 38.3 Å². The average Bonchev–Trinajstić information content (AvgIpc) is 2.51. The van der Waals surface area contributed by atoms with Gasteiger partial charge in [0.15, 0.2) is 0 Å². The van der Waals surface area contributed by atoms with E-state index in [2.05, 4.69) is 10.2 Å². The quantitative estimate of drug-likeness (QED) is 0.778.